The number of methoxy groups -OCH3 is 1. The largest absolute Gasteiger partial charge is 0.373 e. The lowest BCUT2D eigenvalue weighted by Gasteiger charge is -2.02. The molecular weight excluding hydrogens is 200 g/mol. The summed E-state index contributed by atoms with van der Waals surface area (Å²) in [6, 6.07) is 5.72. The van der Waals surface area contributed by atoms with Gasteiger partial charge in [0.1, 0.15) is 0 Å². The van der Waals surface area contributed by atoms with Crippen molar-refractivity contribution in [2.24, 2.45) is 0 Å². The molecule has 0 saturated carbocycles. The van der Waals surface area contributed by atoms with Gasteiger partial charge in [0.25, 0.3) is 0 Å². The van der Waals surface area contributed by atoms with Gasteiger partial charge in [0.2, 0.25) is 0 Å². The first-order valence-corrected chi connectivity index (χ1v) is 5.25. The minimum absolute atomic E-state index is 0.000628. The Morgan fingerprint density at radius 2 is 2.12 bits per heavy atom. The van der Waals surface area contributed by atoms with E-state index in [0.717, 1.165) is 16.0 Å². The smallest absolute Gasteiger partial charge is 0.159 e. The number of fused-ring (bicyclic) bond motifs is 1. The van der Waals surface area contributed by atoms with Gasteiger partial charge in [0, 0.05) is 12.7 Å². The maximum absolute atomic E-state index is 11.3. The fraction of sp³-hybridized carbons (Fsp3) is 0.214. The van der Waals surface area contributed by atoms with Crippen molar-refractivity contribution in [3.8, 4) is 0 Å². The van der Waals surface area contributed by atoms with E-state index in [-0.39, 0.29) is 11.9 Å². The molecule has 0 bridgehead atoms. The third kappa shape index (κ3) is 2.12. The number of benzene rings is 1. The van der Waals surface area contributed by atoms with Crippen LogP contribution in [0, 0.1) is 0 Å². The molecule has 0 fully saturated rings. The van der Waals surface area contributed by atoms with Crippen LogP contribution in [0.15, 0.2) is 30.4 Å². The predicted octanol–water partition coefficient (Wildman–Crippen LogP) is 1.04. The summed E-state index contributed by atoms with van der Waals surface area (Å²) in [7, 11) is 1.68. The molecule has 0 radical (unpaired) electrons. The minimum Gasteiger partial charge on any atom is -0.373 e. The van der Waals surface area contributed by atoms with Gasteiger partial charge in [-0.2, -0.15) is 0 Å². The Morgan fingerprint density at radius 1 is 1.31 bits per heavy atom. The van der Waals surface area contributed by atoms with Crippen molar-refractivity contribution in [3.05, 3.63) is 46.4 Å². The van der Waals surface area contributed by atoms with Gasteiger partial charge in [-0.05, 0) is 29.5 Å². The highest BCUT2D eigenvalue weighted by atomic mass is 16.5. The van der Waals surface area contributed by atoms with Gasteiger partial charge in [0.05, 0.1) is 6.10 Å². The molecule has 0 amide bonds. The molecule has 2 rings (SSSR count). The Labute approximate surface area is 94.6 Å². The second-order valence-corrected chi connectivity index (χ2v) is 3.82. The molecule has 0 N–H and O–H groups in total. The summed E-state index contributed by atoms with van der Waals surface area (Å²) in [6.07, 6.45) is 7.98. The van der Waals surface area contributed by atoms with Gasteiger partial charge in [-0.15, -0.1) is 0 Å². The van der Waals surface area contributed by atoms with E-state index in [1.54, 1.807) is 14.0 Å². The van der Waals surface area contributed by atoms with Crippen LogP contribution in [0.5, 0.6) is 0 Å². The molecular formula is C14H14O2. The van der Waals surface area contributed by atoms with Gasteiger partial charge >= 0.3 is 0 Å². The number of ether oxygens (including phenoxy) is 1. The Hall–Kier alpha value is -1.67. The van der Waals surface area contributed by atoms with E-state index < -0.39 is 0 Å². The lowest BCUT2D eigenvalue weighted by atomic mass is 10.1. The lowest BCUT2D eigenvalue weighted by molar-refractivity contribution is 0.101. The summed E-state index contributed by atoms with van der Waals surface area (Å²) in [5, 5.41) is 2.16. The molecule has 2 heteroatoms. The van der Waals surface area contributed by atoms with Crippen molar-refractivity contribution >= 4 is 17.9 Å². The Bertz CT molecular complexity index is 553. The molecule has 1 aromatic rings. The second kappa shape index (κ2) is 4.45. The summed E-state index contributed by atoms with van der Waals surface area (Å²) in [5.41, 5.74) is 0.743. The Balaban J connectivity index is 2.60. The van der Waals surface area contributed by atoms with Crippen LogP contribution in [0.25, 0.3) is 12.2 Å². The molecule has 1 aliphatic rings. The van der Waals surface area contributed by atoms with Crippen LogP contribution >= 0.6 is 0 Å². The molecule has 2 nitrogen and oxygen atoms in total. The summed E-state index contributed by atoms with van der Waals surface area (Å²) < 4.78 is 5.28. The average molecular weight is 214 g/mol. The number of Topliss-reactive ketones (excluding diaryl/α,β-unsaturated/α-hetero) is 1. The Kier molecular flexibility index (Phi) is 3.02. The summed E-state index contributed by atoms with van der Waals surface area (Å²) in [4.78, 5) is 11.3. The average Bonchev–Trinajstić information content (AvgIpc) is 2.49. The fourth-order valence-electron chi connectivity index (χ4n) is 1.74. The van der Waals surface area contributed by atoms with Crippen LogP contribution in [0.1, 0.15) is 17.3 Å². The predicted molar refractivity (Wildman–Crippen MR) is 64.6 cm³/mol. The van der Waals surface area contributed by atoms with Crippen molar-refractivity contribution in [3.63, 3.8) is 0 Å². The second-order valence-electron chi connectivity index (χ2n) is 3.82. The molecule has 0 heterocycles. The molecule has 16 heavy (non-hydrogen) atoms. The highest BCUT2D eigenvalue weighted by Crippen LogP contribution is 1.99. The van der Waals surface area contributed by atoms with E-state index in [4.69, 9.17) is 4.74 Å². The van der Waals surface area contributed by atoms with Gasteiger partial charge in [-0.3, -0.25) is 4.79 Å². The zero-order valence-electron chi connectivity index (χ0n) is 9.44. The number of hydrogen-bond donors (Lipinski definition) is 0. The van der Waals surface area contributed by atoms with Crippen LogP contribution < -0.4 is 10.4 Å². The maximum atomic E-state index is 11.3. The molecule has 1 unspecified atom stereocenters. The van der Waals surface area contributed by atoms with Gasteiger partial charge in [-0.25, -0.2) is 0 Å². The zero-order valence-corrected chi connectivity index (χ0v) is 9.44. The van der Waals surface area contributed by atoms with Crippen molar-refractivity contribution in [1.82, 2.24) is 0 Å². The summed E-state index contributed by atoms with van der Waals surface area (Å²) in [6.45, 7) is 1.58. The van der Waals surface area contributed by atoms with Crippen LogP contribution in [-0.2, 0) is 4.74 Å². The van der Waals surface area contributed by atoms with E-state index in [9.17, 15) is 4.79 Å². The third-order valence-electron chi connectivity index (χ3n) is 2.69. The van der Waals surface area contributed by atoms with Crippen molar-refractivity contribution in [2.45, 2.75) is 13.0 Å². The lowest BCUT2D eigenvalue weighted by Crippen LogP contribution is -2.26. The normalized spacial score (nSPS) is 18.0. The highest BCUT2D eigenvalue weighted by molar-refractivity contribution is 5.94. The number of allylic oxidation sites excluding steroid dienone is 1. The van der Waals surface area contributed by atoms with Crippen LogP contribution in [0.4, 0.5) is 0 Å². The number of carbonyl (C=O) groups is 1. The SMILES string of the molecule is COC1C=CC=c2cc(C(C)=O)ccc2=C1. The quantitative estimate of drug-likeness (QED) is 0.687. The maximum Gasteiger partial charge on any atom is 0.159 e. The van der Waals surface area contributed by atoms with E-state index in [0.29, 0.717) is 0 Å². The molecule has 82 valence electrons. The first kappa shape index (κ1) is 10.8. The van der Waals surface area contributed by atoms with Gasteiger partial charge in [-0.1, -0.05) is 30.4 Å². The topological polar surface area (TPSA) is 26.3 Å². The first-order chi connectivity index (χ1) is 7.70. The first-order valence-electron chi connectivity index (χ1n) is 5.25. The van der Waals surface area contributed by atoms with Crippen molar-refractivity contribution in [1.29, 1.82) is 0 Å². The molecule has 0 spiro atoms. The summed E-state index contributed by atoms with van der Waals surface area (Å²) >= 11 is 0. The molecule has 1 aromatic carbocycles. The number of rotatable bonds is 2. The van der Waals surface area contributed by atoms with Crippen LogP contribution in [0.3, 0.4) is 0 Å². The van der Waals surface area contributed by atoms with Gasteiger partial charge < -0.3 is 4.74 Å². The van der Waals surface area contributed by atoms with Gasteiger partial charge in [0.15, 0.2) is 5.78 Å². The molecule has 0 saturated heterocycles. The summed E-state index contributed by atoms with van der Waals surface area (Å²) in [5.74, 6) is 0.0905. The number of hydrogen-bond acceptors (Lipinski definition) is 2. The monoisotopic (exact) mass is 214 g/mol. The van der Waals surface area contributed by atoms with E-state index in [1.165, 1.54) is 0 Å². The molecule has 0 aliphatic heterocycles. The van der Waals surface area contributed by atoms with E-state index in [2.05, 4.69) is 0 Å². The minimum atomic E-state index is 0.000628. The Morgan fingerprint density at radius 3 is 2.81 bits per heavy atom. The molecule has 1 atom stereocenters. The number of carbonyl (C=O) groups excluding carboxylic acids is 1. The van der Waals surface area contributed by atoms with E-state index in [1.807, 2.05) is 42.5 Å². The molecule has 1 aliphatic carbocycles. The highest BCUT2D eigenvalue weighted by Gasteiger charge is 2.02. The van der Waals surface area contributed by atoms with Crippen molar-refractivity contribution < 1.29 is 9.53 Å². The fourth-order valence-corrected chi connectivity index (χ4v) is 1.74. The standard InChI is InChI=1S/C14H14O2/c1-10(15)11-6-7-13-9-14(16-2)5-3-4-12(13)8-11/h3-9,14H,1-2H3. The van der Waals surface area contributed by atoms with Crippen molar-refractivity contribution in [2.75, 3.05) is 7.11 Å². The van der Waals surface area contributed by atoms with E-state index >= 15 is 0 Å². The van der Waals surface area contributed by atoms with Crippen LogP contribution in [-0.4, -0.2) is 19.0 Å². The number of ketones is 1. The third-order valence-corrected chi connectivity index (χ3v) is 2.69. The molecule has 0 aromatic heterocycles. The zero-order chi connectivity index (χ0) is 11.5. The van der Waals surface area contributed by atoms with Crippen LogP contribution in [0.2, 0.25) is 0 Å².